The van der Waals surface area contributed by atoms with Crippen LogP contribution in [0.15, 0.2) is 42.5 Å². The second-order valence-electron chi connectivity index (χ2n) is 9.85. The van der Waals surface area contributed by atoms with Crippen molar-refractivity contribution < 1.29 is 9.53 Å². The Hall–Kier alpha value is -1.75. The summed E-state index contributed by atoms with van der Waals surface area (Å²) in [6, 6.07) is 14.9. The number of carbonyl (C=O) groups excluding carboxylic acids is 1. The zero-order valence-electron chi connectivity index (χ0n) is 20.5. The normalized spacial score (nSPS) is 18.9. The lowest BCUT2D eigenvalue weighted by atomic mass is 9.93. The Morgan fingerprint density at radius 1 is 1.00 bits per heavy atom. The SMILES string of the molecule is CN(C)CCCOc1ccc(-c2ccc(CC3CCN(C4CCCCC4)C3=O)c(Cl)c2)cc1.Cl. The molecule has 0 radical (unpaired) electrons. The third-order valence-corrected chi connectivity index (χ3v) is 7.44. The Morgan fingerprint density at radius 2 is 1.71 bits per heavy atom. The Bertz CT molecular complexity index is 927. The van der Waals surface area contributed by atoms with Crippen molar-refractivity contribution in [3.05, 3.63) is 53.1 Å². The molecule has 4 rings (SSSR count). The quantitative estimate of drug-likeness (QED) is 0.366. The van der Waals surface area contributed by atoms with Crippen LogP contribution in [0.5, 0.6) is 5.75 Å². The van der Waals surface area contributed by atoms with Crippen molar-refractivity contribution in [3.8, 4) is 16.9 Å². The molecule has 1 saturated heterocycles. The molecule has 2 aromatic carbocycles. The molecule has 0 spiro atoms. The Balaban J connectivity index is 0.00000324. The average molecular weight is 506 g/mol. The second kappa shape index (κ2) is 12.8. The summed E-state index contributed by atoms with van der Waals surface area (Å²) in [6.45, 7) is 2.65. The van der Waals surface area contributed by atoms with Gasteiger partial charge in [-0.25, -0.2) is 0 Å². The third-order valence-electron chi connectivity index (χ3n) is 7.09. The summed E-state index contributed by atoms with van der Waals surface area (Å²) in [5.74, 6) is 1.30. The number of hydrogen-bond donors (Lipinski definition) is 0. The van der Waals surface area contributed by atoms with Crippen LogP contribution >= 0.6 is 24.0 Å². The Morgan fingerprint density at radius 3 is 2.38 bits per heavy atom. The molecule has 0 bridgehead atoms. The van der Waals surface area contributed by atoms with Crippen LogP contribution in [0.3, 0.4) is 0 Å². The first-order valence-corrected chi connectivity index (χ1v) is 12.9. The number of ether oxygens (including phenoxy) is 1. The zero-order chi connectivity index (χ0) is 23.2. The molecular weight excluding hydrogens is 467 g/mol. The highest BCUT2D eigenvalue weighted by Gasteiger charge is 2.36. The van der Waals surface area contributed by atoms with Gasteiger partial charge in [-0.1, -0.05) is 55.1 Å². The molecule has 2 aromatic rings. The van der Waals surface area contributed by atoms with E-state index in [1.807, 2.05) is 18.2 Å². The van der Waals surface area contributed by atoms with E-state index in [4.69, 9.17) is 16.3 Å². The van der Waals surface area contributed by atoms with Crippen molar-refractivity contribution in [2.75, 3.05) is 33.8 Å². The van der Waals surface area contributed by atoms with E-state index in [0.29, 0.717) is 11.9 Å². The van der Waals surface area contributed by atoms with Crippen molar-refractivity contribution in [2.24, 2.45) is 5.92 Å². The maximum Gasteiger partial charge on any atom is 0.226 e. The monoisotopic (exact) mass is 504 g/mol. The summed E-state index contributed by atoms with van der Waals surface area (Å²) in [5, 5.41) is 0.750. The van der Waals surface area contributed by atoms with Crippen LogP contribution in [-0.4, -0.2) is 55.5 Å². The smallest absolute Gasteiger partial charge is 0.226 e. The average Bonchev–Trinajstić information content (AvgIpc) is 3.19. The van der Waals surface area contributed by atoms with Gasteiger partial charge in [0.2, 0.25) is 5.91 Å². The number of rotatable bonds is 9. The predicted octanol–water partition coefficient (Wildman–Crippen LogP) is 6.48. The highest BCUT2D eigenvalue weighted by atomic mass is 35.5. The Kier molecular flexibility index (Phi) is 10.1. The molecule has 186 valence electrons. The maximum absolute atomic E-state index is 13.0. The van der Waals surface area contributed by atoms with Gasteiger partial charge in [0.1, 0.15) is 5.75 Å². The van der Waals surface area contributed by atoms with Gasteiger partial charge in [0.05, 0.1) is 6.61 Å². The van der Waals surface area contributed by atoms with E-state index in [2.05, 4.69) is 48.2 Å². The van der Waals surface area contributed by atoms with E-state index in [1.54, 1.807) is 0 Å². The summed E-state index contributed by atoms with van der Waals surface area (Å²) in [7, 11) is 4.14. The number of nitrogens with zero attached hydrogens (tertiary/aromatic N) is 2. The molecule has 6 heteroatoms. The second-order valence-corrected chi connectivity index (χ2v) is 10.3. The van der Waals surface area contributed by atoms with Crippen LogP contribution < -0.4 is 4.74 Å². The van der Waals surface area contributed by atoms with Gasteiger partial charge in [-0.2, -0.15) is 0 Å². The number of halogens is 2. The van der Waals surface area contributed by atoms with Gasteiger partial charge in [0.15, 0.2) is 0 Å². The fourth-order valence-electron chi connectivity index (χ4n) is 5.18. The van der Waals surface area contributed by atoms with Gasteiger partial charge in [0.25, 0.3) is 0 Å². The highest BCUT2D eigenvalue weighted by Crippen LogP contribution is 2.33. The van der Waals surface area contributed by atoms with Crippen LogP contribution in [0.25, 0.3) is 11.1 Å². The van der Waals surface area contributed by atoms with Crippen LogP contribution in [-0.2, 0) is 11.2 Å². The zero-order valence-corrected chi connectivity index (χ0v) is 22.0. The number of carbonyl (C=O) groups is 1. The molecule has 0 N–H and O–H groups in total. The number of hydrogen-bond acceptors (Lipinski definition) is 3. The van der Waals surface area contributed by atoms with Crippen LogP contribution in [0.4, 0.5) is 0 Å². The molecule has 1 amide bonds. The standard InChI is InChI=1S/C28H37ClN2O2.ClH/c1-30(2)16-6-18-33-26-13-11-21(12-14-26)22-9-10-23(27(29)20-22)19-24-15-17-31(28(24)32)25-7-4-3-5-8-25;/h9-14,20,24-25H,3-8,15-19H2,1-2H3;1H. The lowest BCUT2D eigenvalue weighted by molar-refractivity contribution is -0.133. The van der Waals surface area contributed by atoms with E-state index < -0.39 is 0 Å². The maximum atomic E-state index is 13.0. The predicted molar refractivity (Wildman–Crippen MR) is 143 cm³/mol. The first kappa shape index (κ1) is 26.8. The van der Waals surface area contributed by atoms with Crippen molar-refractivity contribution in [2.45, 2.75) is 57.4 Å². The molecular formula is C28H38Cl2N2O2. The van der Waals surface area contributed by atoms with Crippen LogP contribution in [0.2, 0.25) is 5.02 Å². The molecule has 1 heterocycles. The molecule has 1 aliphatic carbocycles. The van der Waals surface area contributed by atoms with Crippen molar-refractivity contribution in [1.82, 2.24) is 9.80 Å². The van der Waals surface area contributed by atoms with Crippen molar-refractivity contribution in [3.63, 3.8) is 0 Å². The first-order valence-electron chi connectivity index (χ1n) is 12.5. The van der Waals surface area contributed by atoms with E-state index in [9.17, 15) is 4.79 Å². The molecule has 0 aromatic heterocycles. The van der Waals surface area contributed by atoms with Crippen molar-refractivity contribution >= 4 is 29.9 Å². The van der Waals surface area contributed by atoms with Crippen LogP contribution in [0, 0.1) is 5.92 Å². The molecule has 2 aliphatic rings. The fourth-order valence-corrected chi connectivity index (χ4v) is 5.44. The number of benzene rings is 2. The Labute approximate surface area is 216 Å². The minimum atomic E-state index is 0. The summed E-state index contributed by atoms with van der Waals surface area (Å²) < 4.78 is 5.84. The molecule has 2 fully saturated rings. The van der Waals surface area contributed by atoms with E-state index >= 15 is 0 Å². The lowest BCUT2D eigenvalue weighted by Crippen LogP contribution is -2.39. The third kappa shape index (κ3) is 6.90. The van der Waals surface area contributed by atoms with Gasteiger partial charge in [0, 0.05) is 30.1 Å². The largest absolute Gasteiger partial charge is 0.494 e. The molecule has 1 aliphatic heterocycles. The van der Waals surface area contributed by atoms with Gasteiger partial charge in [-0.15, -0.1) is 12.4 Å². The van der Waals surface area contributed by atoms with Gasteiger partial charge in [-0.3, -0.25) is 4.79 Å². The minimum absolute atomic E-state index is 0. The fraction of sp³-hybridized carbons (Fsp3) is 0.536. The molecule has 34 heavy (non-hydrogen) atoms. The summed E-state index contributed by atoms with van der Waals surface area (Å²) in [6.07, 6.45) is 8.88. The van der Waals surface area contributed by atoms with Gasteiger partial charge < -0.3 is 14.5 Å². The van der Waals surface area contributed by atoms with Gasteiger partial charge >= 0.3 is 0 Å². The lowest BCUT2D eigenvalue weighted by Gasteiger charge is -2.31. The summed E-state index contributed by atoms with van der Waals surface area (Å²) in [4.78, 5) is 17.4. The molecule has 4 nitrogen and oxygen atoms in total. The van der Waals surface area contributed by atoms with Gasteiger partial charge in [-0.05, 0) is 81.1 Å². The number of amides is 1. The molecule has 1 unspecified atom stereocenters. The topological polar surface area (TPSA) is 32.8 Å². The van der Waals surface area contributed by atoms with Crippen molar-refractivity contribution in [1.29, 1.82) is 0 Å². The highest BCUT2D eigenvalue weighted by molar-refractivity contribution is 6.31. The van der Waals surface area contributed by atoms with Crippen LogP contribution in [0.1, 0.15) is 50.5 Å². The molecule has 1 saturated carbocycles. The van der Waals surface area contributed by atoms with E-state index in [1.165, 1.54) is 32.1 Å². The summed E-state index contributed by atoms with van der Waals surface area (Å²) in [5.41, 5.74) is 3.28. The molecule has 1 atom stereocenters. The number of likely N-dealkylation sites (tertiary alicyclic amines) is 1. The minimum Gasteiger partial charge on any atom is -0.494 e. The first-order chi connectivity index (χ1) is 16.0. The summed E-state index contributed by atoms with van der Waals surface area (Å²) >= 11 is 6.68. The van der Waals surface area contributed by atoms with E-state index in [0.717, 1.165) is 66.4 Å². The van der Waals surface area contributed by atoms with E-state index in [-0.39, 0.29) is 18.3 Å².